The van der Waals surface area contributed by atoms with Crippen molar-refractivity contribution in [1.82, 2.24) is 0 Å². The molecule has 104 valence electrons. The van der Waals surface area contributed by atoms with Crippen LogP contribution in [0.2, 0.25) is 0 Å². The number of Topliss-reactive ketones (excluding diaryl/α,β-unsaturated/α-hetero) is 1. The average molecular weight is 282 g/mol. The van der Waals surface area contributed by atoms with E-state index in [9.17, 15) is 13.6 Å². The van der Waals surface area contributed by atoms with Crippen molar-refractivity contribution in [3.05, 3.63) is 83.4 Å². The number of hydrogen-bond donors (Lipinski definition) is 0. The Balaban J connectivity index is 2.01. The molecule has 0 radical (unpaired) electrons. The second-order valence-electron chi connectivity index (χ2n) is 4.83. The Morgan fingerprint density at radius 1 is 0.810 bits per heavy atom. The number of hydrogen-bond acceptors (Lipinski definition) is 1. The van der Waals surface area contributed by atoms with E-state index in [-0.39, 0.29) is 6.42 Å². The summed E-state index contributed by atoms with van der Waals surface area (Å²) in [5.74, 6) is -2.19. The first-order chi connectivity index (χ1) is 10.2. The van der Waals surface area contributed by atoms with E-state index in [2.05, 4.69) is 0 Å². The van der Waals surface area contributed by atoms with Gasteiger partial charge in [-0.05, 0) is 28.5 Å². The number of fused-ring (bicyclic) bond motifs is 1. The molecule has 0 atom stereocenters. The number of benzene rings is 3. The van der Waals surface area contributed by atoms with Crippen LogP contribution in [0.5, 0.6) is 0 Å². The fourth-order valence-electron chi connectivity index (χ4n) is 2.47. The highest BCUT2D eigenvalue weighted by Gasteiger charge is 2.17. The third kappa shape index (κ3) is 2.55. The Kier molecular flexibility index (Phi) is 3.48. The maximum atomic E-state index is 13.7. The molecule has 21 heavy (non-hydrogen) atoms. The molecular weight excluding hydrogens is 270 g/mol. The summed E-state index contributed by atoms with van der Waals surface area (Å²) in [5, 5.41) is 1.92. The Hall–Kier alpha value is -2.55. The molecule has 0 aliphatic heterocycles. The zero-order valence-electron chi connectivity index (χ0n) is 11.1. The van der Waals surface area contributed by atoms with E-state index in [1.54, 1.807) is 6.07 Å². The predicted molar refractivity (Wildman–Crippen MR) is 78.3 cm³/mol. The summed E-state index contributed by atoms with van der Waals surface area (Å²) >= 11 is 0. The van der Waals surface area contributed by atoms with Gasteiger partial charge in [0.1, 0.15) is 11.6 Å². The number of ketones is 1. The lowest BCUT2D eigenvalue weighted by atomic mass is 9.97. The molecule has 1 nitrogen and oxygen atoms in total. The molecule has 3 heteroatoms. The molecule has 0 aromatic heterocycles. The van der Waals surface area contributed by atoms with Gasteiger partial charge in [0.15, 0.2) is 5.78 Å². The van der Waals surface area contributed by atoms with E-state index < -0.39 is 23.0 Å². The summed E-state index contributed by atoms with van der Waals surface area (Å²) in [6.45, 7) is 0. The molecule has 0 heterocycles. The van der Waals surface area contributed by atoms with Crippen LogP contribution < -0.4 is 0 Å². The molecule has 0 bridgehead atoms. The van der Waals surface area contributed by atoms with Crippen LogP contribution in [0.1, 0.15) is 15.9 Å². The van der Waals surface area contributed by atoms with Gasteiger partial charge in [-0.1, -0.05) is 48.5 Å². The van der Waals surface area contributed by atoms with Gasteiger partial charge < -0.3 is 0 Å². The van der Waals surface area contributed by atoms with Crippen molar-refractivity contribution in [2.24, 2.45) is 0 Å². The van der Waals surface area contributed by atoms with Gasteiger partial charge in [-0.15, -0.1) is 0 Å². The Morgan fingerprint density at radius 2 is 1.43 bits per heavy atom. The van der Waals surface area contributed by atoms with Crippen molar-refractivity contribution >= 4 is 16.6 Å². The van der Waals surface area contributed by atoms with E-state index in [4.69, 9.17) is 0 Å². The zero-order valence-corrected chi connectivity index (χ0v) is 11.1. The summed E-state index contributed by atoms with van der Waals surface area (Å²) in [7, 11) is 0. The van der Waals surface area contributed by atoms with Gasteiger partial charge >= 0.3 is 0 Å². The summed E-state index contributed by atoms with van der Waals surface area (Å²) in [4.78, 5) is 12.2. The Bertz CT molecular complexity index is 799. The molecular formula is C18H12F2O. The van der Waals surface area contributed by atoms with Gasteiger partial charge in [0.05, 0.1) is 5.56 Å². The highest BCUT2D eigenvalue weighted by atomic mass is 19.1. The molecule has 0 aliphatic carbocycles. The number of halogens is 2. The highest BCUT2D eigenvalue weighted by molar-refractivity contribution is 6.00. The molecule has 0 saturated heterocycles. The van der Waals surface area contributed by atoms with E-state index in [1.165, 1.54) is 6.07 Å². The van der Waals surface area contributed by atoms with Crippen LogP contribution in [0.25, 0.3) is 10.8 Å². The lowest BCUT2D eigenvalue weighted by Gasteiger charge is -2.07. The summed E-state index contributed by atoms with van der Waals surface area (Å²) in [5.41, 5.74) is 0.297. The lowest BCUT2D eigenvalue weighted by Crippen LogP contribution is -2.09. The molecule has 0 aliphatic rings. The molecule has 0 amide bonds. The minimum atomic E-state index is -0.819. The topological polar surface area (TPSA) is 17.1 Å². The van der Waals surface area contributed by atoms with E-state index in [1.807, 2.05) is 36.4 Å². The first-order valence-corrected chi connectivity index (χ1v) is 6.60. The molecule has 3 rings (SSSR count). The molecule has 0 saturated carbocycles. The van der Waals surface area contributed by atoms with Crippen molar-refractivity contribution in [3.8, 4) is 0 Å². The fourth-order valence-corrected chi connectivity index (χ4v) is 2.47. The maximum Gasteiger partial charge on any atom is 0.173 e. The van der Waals surface area contributed by atoms with Gasteiger partial charge in [0.25, 0.3) is 0 Å². The third-order valence-electron chi connectivity index (χ3n) is 3.47. The van der Waals surface area contributed by atoms with Gasteiger partial charge in [-0.3, -0.25) is 4.79 Å². The number of rotatable bonds is 3. The quantitative estimate of drug-likeness (QED) is 0.644. The van der Waals surface area contributed by atoms with E-state index in [0.29, 0.717) is 0 Å². The summed E-state index contributed by atoms with van der Waals surface area (Å²) < 4.78 is 27.3. The number of carbonyl (C=O) groups is 1. The molecule has 0 unspecified atom stereocenters. The summed E-state index contributed by atoms with van der Waals surface area (Å²) in [6, 6.07) is 16.6. The number of carbonyl (C=O) groups excluding carboxylic acids is 1. The van der Waals surface area contributed by atoms with Crippen LogP contribution in [0.15, 0.2) is 60.7 Å². The minimum absolute atomic E-state index is 0.0286. The standard InChI is InChI=1S/C18H12F2O/c19-15-9-4-10-16(20)18(15)17(21)11-13-7-3-6-12-5-1-2-8-14(12)13/h1-10H,11H2. The lowest BCUT2D eigenvalue weighted by molar-refractivity contribution is 0.0985. The van der Waals surface area contributed by atoms with Crippen LogP contribution in [0.4, 0.5) is 8.78 Å². The largest absolute Gasteiger partial charge is 0.294 e. The smallest absolute Gasteiger partial charge is 0.173 e. The van der Waals surface area contributed by atoms with Gasteiger partial charge in [0.2, 0.25) is 0 Å². The summed E-state index contributed by atoms with van der Waals surface area (Å²) in [6.07, 6.45) is -0.0286. The Labute approximate surface area is 120 Å². The van der Waals surface area contributed by atoms with Gasteiger partial charge in [0, 0.05) is 6.42 Å². The Morgan fingerprint density at radius 3 is 2.19 bits per heavy atom. The van der Waals surface area contributed by atoms with Crippen molar-refractivity contribution in [1.29, 1.82) is 0 Å². The van der Waals surface area contributed by atoms with Crippen LogP contribution in [-0.4, -0.2) is 5.78 Å². The maximum absolute atomic E-state index is 13.7. The normalized spacial score (nSPS) is 10.8. The molecule has 0 N–H and O–H groups in total. The van der Waals surface area contributed by atoms with Crippen LogP contribution in [0.3, 0.4) is 0 Å². The second-order valence-corrected chi connectivity index (χ2v) is 4.83. The van der Waals surface area contributed by atoms with Crippen molar-refractivity contribution in [2.75, 3.05) is 0 Å². The molecule has 0 spiro atoms. The molecule has 3 aromatic carbocycles. The third-order valence-corrected chi connectivity index (χ3v) is 3.47. The van der Waals surface area contributed by atoms with Gasteiger partial charge in [-0.2, -0.15) is 0 Å². The van der Waals surface area contributed by atoms with Crippen molar-refractivity contribution in [3.63, 3.8) is 0 Å². The monoisotopic (exact) mass is 282 g/mol. The second kappa shape index (κ2) is 5.44. The minimum Gasteiger partial charge on any atom is -0.294 e. The van der Waals surface area contributed by atoms with Gasteiger partial charge in [-0.25, -0.2) is 8.78 Å². The zero-order chi connectivity index (χ0) is 14.8. The highest BCUT2D eigenvalue weighted by Crippen LogP contribution is 2.21. The molecule has 0 fully saturated rings. The van der Waals surface area contributed by atoms with Crippen LogP contribution in [-0.2, 0) is 6.42 Å². The first-order valence-electron chi connectivity index (χ1n) is 6.60. The first kappa shape index (κ1) is 13.4. The SMILES string of the molecule is O=C(Cc1cccc2ccccc12)c1c(F)cccc1F. The molecule has 3 aromatic rings. The average Bonchev–Trinajstić information content (AvgIpc) is 2.47. The van der Waals surface area contributed by atoms with Crippen LogP contribution >= 0.6 is 0 Å². The van der Waals surface area contributed by atoms with E-state index >= 15 is 0 Å². The van der Waals surface area contributed by atoms with Crippen molar-refractivity contribution < 1.29 is 13.6 Å². The van der Waals surface area contributed by atoms with Crippen molar-refractivity contribution in [2.45, 2.75) is 6.42 Å². The van der Waals surface area contributed by atoms with Crippen LogP contribution in [0, 0.1) is 11.6 Å². The predicted octanol–water partition coefficient (Wildman–Crippen LogP) is 4.54. The van der Waals surface area contributed by atoms with E-state index in [0.717, 1.165) is 28.5 Å². The fraction of sp³-hybridized carbons (Fsp3) is 0.0556.